The van der Waals surface area contributed by atoms with Gasteiger partial charge in [-0.05, 0) is 128 Å². The van der Waals surface area contributed by atoms with E-state index in [2.05, 4.69) is 242 Å². The predicted octanol–water partition coefficient (Wildman–Crippen LogP) is 16.2. The first-order valence-corrected chi connectivity index (χ1v) is 22.7. The van der Waals surface area contributed by atoms with Crippen LogP contribution in [0.5, 0.6) is 11.5 Å². The number of nitrogens with zero attached hydrogens (tertiary/aromatic N) is 2. The molecule has 0 amide bonds. The van der Waals surface area contributed by atoms with E-state index in [-0.39, 0.29) is 5.41 Å². The van der Waals surface area contributed by atoms with E-state index in [0.29, 0.717) is 0 Å². The summed E-state index contributed by atoms with van der Waals surface area (Å²) in [5.74, 6) is 1.78. The SMILES string of the molecule is CC1(C)c2ccccc2-c2ccc(N(c3ccc4c(c3)C3(c5ccccc5Oc5ccccc53)c3c-4ccc4ccccc34)c3ccc4c(c3)c3ccccc3n4-c3ccccc3)cc21. The van der Waals surface area contributed by atoms with E-state index in [1.807, 2.05) is 0 Å². The molecule has 11 aromatic rings. The third-order valence-electron chi connectivity index (χ3n) is 14.8. The maximum Gasteiger partial charge on any atom is 0.132 e. The van der Waals surface area contributed by atoms with Gasteiger partial charge in [0.05, 0.1) is 16.4 Å². The summed E-state index contributed by atoms with van der Waals surface area (Å²) in [4.78, 5) is 2.50. The van der Waals surface area contributed by atoms with Gasteiger partial charge in [-0.2, -0.15) is 0 Å². The molecule has 65 heavy (non-hydrogen) atoms. The summed E-state index contributed by atoms with van der Waals surface area (Å²) in [7, 11) is 0. The molecule has 3 aliphatic rings. The van der Waals surface area contributed by atoms with Gasteiger partial charge in [-0.15, -0.1) is 0 Å². The van der Waals surface area contributed by atoms with Crippen LogP contribution in [0.2, 0.25) is 0 Å². The Bertz CT molecular complexity index is 3750. The molecule has 1 spiro atoms. The molecule has 1 aromatic heterocycles. The van der Waals surface area contributed by atoms with Crippen molar-refractivity contribution in [2.24, 2.45) is 0 Å². The molecule has 0 saturated heterocycles. The maximum atomic E-state index is 6.81. The van der Waals surface area contributed by atoms with E-state index in [0.717, 1.165) is 45.4 Å². The molecule has 3 heteroatoms. The minimum Gasteiger partial charge on any atom is -0.457 e. The van der Waals surface area contributed by atoms with Gasteiger partial charge in [0.1, 0.15) is 11.5 Å². The highest BCUT2D eigenvalue weighted by molar-refractivity contribution is 6.11. The zero-order valence-corrected chi connectivity index (χ0v) is 36.1. The van der Waals surface area contributed by atoms with Crippen molar-refractivity contribution in [3.8, 4) is 39.4 Å². The summed E-state index contributed by atoms with van der Waals surface area (Å²) >= 11 is 0. The van der Waals surface area contributed by atoms with Gasteiger partial charge in [0, 0.05) is 50.1 Å². The average molecular weight is 831 g/mol. The minimum atomic E-state index is -0.646. The highest BCUT2D eigenvalue weighted by Crippen LogP contribution is 2.64. The van der Waals surface area contributed by atoms with Gasteiger partial charge in [0.25, 0.3) is 0 Å². The largest absolute Gasteiger partial charge is 0.457 e. The number of hydrogen-bond acceptors (Lipinski definition) is 2. The van der Waals surface area contributed by atoms with Crippen molar-refractivity contribution in [2.45, 2.75) is 24.7 Å². The van der Waals surface area contributed by atoms with Crippen LogP contribution in [0.1, 0.15) is 47.2 Å². The fourth-order valence-corrected chi connectivity index (χ4v) is 12.0. The van der Waals surface area contributed by atoms with Crippen molar-refractivity contribution >= 4 is 49.6 Å². The number of rotatable bonds is 4. The van der Waals surface area contributed by atoms with E-state index >= 15 is 0 Å². The summed E-state index contributed by atoms with van der Waals surface area (Å²) in [6.45, 7) is 4.74. The maximum absolute atomic E-state index is 6.81. The molecule has 0 atom stereocenters. The number of hydrogen-bond donors (Lipinski definition) is 0. The number of anilines is 3. The quantitative estimate of drug-likeness (QED) is 0.176. The zero-order valence-electron chi connectivity index (χ0n) is 36.1. The summed E-state index contributed by atoms with van der Waals surface area (Å²) in [6.07, 6.45) is 0. The molecule has 2 heterocycles. The topological polar surface area (TPSA) is 17.4 Å². The fraction of sp³-hybridized carbons (Fsp3) is 0.0645. The number of para-hydroxylation sites is 4. The minimum absolute atomic E-state index is 0.166. The zero-order chi connectivity index (χ0) is 43.0. The molecule has 10 aromatic carbocycles. The average Bonchev–Trinajstić information content (AvgIpc) is 3.93. The first-order chi connectivity index (χ1) is 32.0. The monoisotopic (exact) mass is 830 g/mol. The Morgan fingerprint density at radius 2 is 0.923 bits per heavy atom. The first-order valence-electron chi connectivity index (χ1n) is 22.7. The number of benzene rings is 10. The molecule has 306 valence electrons. The Kier molecular flexibility index (Phi) is 7.38. The van der Waals surface area contributed by atoms with Crippen molar-refractivity contribution in [1.82, 2.24) is 4.57 Å². The van der Waals surface area contributed by atoms with Crippen LogP contribution in [0, 0.1) is 0 Å². The van der Waals surface area contributed by atoms with E-state index in [1.165, 1.54) is 77.1 Å². The molecule has 2 aliphatic carbocycles. The van der Waals surface area contributed by atoms with Crippen LogP contribution in [0.25, 0.3) is 60.5 Å². The lowest BCUT2D eigenvalue weighted by atomic mass is 9.65. The molecular weight excluding hydrogens is 789 g/mol. The Morgan fingerprint density at radius 1 is 0.385 bits per heavy atom. The van der Waals surface area contributed by atoms with Crippen molar-refractivity contribution in [3.05, 3.63) is 252 Å². The van der Waals surface area contributed by atoms with Crippen molar-refractivity contribution < 1.29 is 4.74 Å². The standard InChI is InChI=1S/C62H42N2O/c1-61(2)51-22-10-8-20-45(51)46-33-29-42(37-54(46)61)63(41-31-35-57-50(36-41)48-21-9-13-25-56(48)64(57)40-17-4-3-5-18-40)43-30-34-47-49-32-28-39-16-6-7-19-44(39)60(49)62(55(47)38-43)52-23-11-14-26-58(52)65-59-27-15-12-24-53(59)62/h3-38H,1-2H3. The van der Waals surface area contributed by atoms with Crippen molar-refractivity contribution in [3.63, 3.8) is 0 Å². The van der Waals surface area contributed by atoms with Crippen LogP contribution >= 0.6 is 0 Å². The lowest BCUT2D eigenvalue weighted by Crippen LogP contribution is -2.32. The molecular formula is C62H42N2O. The van der Waals surface area contributed by atoms with Gasteiger partial charge in [-0.1, -0.05) is 159 Å². The van der Waals surface area contributed by atoms with Gasteiger partial charge in [-0.25, -0.2) is 0 Å². The normalized spacial score (nSPS) is 14.4. The van der Waals surface area contributed by atoms with Crippen LogP contribution in [-0.4, -0.2) is 4.57 Å². The van der Waals surface area contributed by atoms with E-state index < -0.39 is 5.41 Å². The number of aromatic nitrogens is 1. The third kappa shape index (κ3) is 4.85. The van der Waals surface area contributed by atoms with Gasteiger partial charge in [-0.3, -0.25) is 0 Å². The molecule has 1 aliphatic heterocycles. The van der Waals surface area contributed by atoms with E-state index in [9.17, 15) is 0 Å². The second kappa shape index (κ2) is 13.2. The molecule has 0 bridgehead atoms. The van der Waals surface area contributed by atoms with Crippen LogP contribution in [0.4, 0.5) is 17.1 Å². The van der Waals surface area contributed by atoms with Gasteiger partial charge >= 0.3 is 0 Å². The summed E-state index contributed by atoms with van der Waals surface area (Å²) in [5, 5.41) is 4.92. The highest BCUT2D eigenvalue weighted by atomic mass is 16.5. The Balaban J connectivity index is 1.06. The molecule has 14 rings (SSSR count). The predicted molar refractivity (Wildman–Crippen MR) is 268 cm³/mol. The van der Waals surface area contributed by atoms with E-state index in [4.69, 9.17) is 4.74 Å². The second-order valence-electron chi connectivity index (χ2n) is 18.4. The van der Waals surface area contributed by atoms with Crippen molar-refractivity contribution in [2.75, 3.05) is 4.90 Å². The second-order valence-corrected chi connectivity index (χ2v) is 18.4. The lowest BCUT2D eigenvalue weighted by molar-refractivity contribution is 0.437. The molecule has 0 N–H and O–H groups in total. The van der Waals surface area contributed by atoms with Gasteiger partial charge in [0.2, 0.25) is 0 Å². The fourth-order valence-electron chi connectivity index (χ4n) is 12.0. The van der Waals surface area contributed by atoms with E-state index in [1.54, 1.807) is 0 Å². The van der Waals surface area contributed by atoms with Crippen molar-refractivity contribution in [1.29, 1.82) is 0 Å². The summed E-state index contributed by atoms with van der Waals surface area (Å²) in [6, 6.07) is 80.8. The van der Waals surface area contributed by atoms with Crippen LogP contribution in [0.15, 0.2) is 218 Å². The Labute approximate surface area is 378 Å². The third-order valence-corrected chi connectivity index (χ3v) is 14.8. The first kappa shape index (κ1) is 36.4. The Morgan fingerprint density at radius 3 is 1.69 bits per heavy atom. The number of fused-ring (bicyclic) bond motifs is 17. The number of ether oxygens (including phenoxy) is 1. The molecule has 0 fully saturated rings. The van der Waals surface area contributed by atoms with Gasteiger partial charge < -0.3 is 14.2 Å². The molecule has 0 radical (unpaired) electrons. The Hall–Kier alpha value is -8.14. The lowest BCUT2D eigenvalue weighted by Gasteiger charge is -2.40. The highest BCUT2D eigenvalue weighted by Gasteiger charge is 2.52. The van der Waals surface area contributed by atoms with Crippen LogP contribution in [-0.2, 0) is 10.8 Å². The van der Waals surface area contributed by atoms with Crippen LogP contribution < -0.4 is 9.64 Å². The molecule has 0 unspecified atom stereocenters. The van der Waals surface area contributed by atoms with Gasteiger partial charge in [0.15, 0.2) is 0 Å². The molecule has 0 saturated carbocycles. The smallest absolute Gasteiger partial charge is 0.132 e. The molecule has 3 nitrogen and oxygen atoms in total. The summed E-state index contributed by atoms with van der Waals surface area (Å²) in [5.41, 5.74) is 18.8. The van der Waals surface area contributed by atoms with Crippen LogP contribution in [0.3, 0.4) is 0 Å². The summed E-state index contributed by atoms with van der Waals surface area (Å²) < 4.78 is 9.21.